The number of hydrogen-bond donors (Lipinski definition) is 0. The van der Waals surface area contributed by atoms with Crippen molar-refractivity contribution in [2.75, 3.05) is 18.8 Å². The van der Waals surface area contributed by atoms with Gasteiger partial charge in [-0.1, -0.05) is 55.4 Å². The number of rotatable bonds is 7. The van der Waals surface area contributed by atoms with Gasteiger partial charge in [-0.05, 0) is 35.3 Å². The van der Waals surface area contributed by atoms with Crippen LogP contribution in [0.3, 0.4) is 0 Å². The Bertz CT molecular complexity index is 487. The largest absolute Gasteiger partial charge is 0.414 e. The second kappa shape index (κ2) is 9.81. The molecule has 5 nitrogen and oxygen atoms in total. The molecule has 0 aliphatic carbocycles. The molecule has 2 heterocycles. The van der Waals surface area contributed by atoms with Crippen molar-refractivity contribution < 1.29 is 22.4 Å². The lowest BCUT2D eigenvalue weighted by Crippen LogP contribution is -2.66. The van der Waals surface area contributed by atoms with Gasteiger partial charge in [0, 0.05) is 0 Å². The van der Waals surface area contributed by atoms with Gasteiger partial charge in [0.25, 0.3) is 0 Å². The van der Waals surface area contributed by atoms with Crippen molar-refractivity contribution in [2.45, 2.75) is 109 Å². The molecule has 4 atom stereocenters. The minimum absolute atomic E-state index is 0.0101. The fourth-order valence-corrected chi connectivity index (χ4v) is 16.2. The van der Waals surface area contributed by atoms with E-state index >= 15 is 0 Å². The van der Waals surface area contributed by atoms with E-state index in [1.807, 2.05) is 0 Å². The first-order valence-corrected chi connectivity index (χ1v) is 16.1. The van der Waals surface area contributed by atoms with E-state index in [4.69, 9.17) is 22.4 Å². The second-order valence-corrected chi connectivity index (χ2v) is 19.1. The van der Waals surface area contributed by atoms with Crippen LogP contribution in [0.5, 0.6) is 0 Å². The summed E-state index contributed by atoms with van der Waals surface area (Å²) in [7, 11) is -5.11. The van der Waals surface area contributed by atoms with E-state index in [1.165, 1.54) is 0 Å². The van der Waals surface area contributed by atoms with Crippen molar-refractivity contribution in [1.29, 1.82) is 0 Å². The van der Waals surface area contributed by atoms with Gasteiger partial charge in [-0.3, -0.25) is 0 Å². The summed E-state index contributed by atoms with van der Waals surface area (Å²) in [5, 5.41) is 0. The average Bonchev–Trinajstić information content (AvgIpc) is 2.86. The van der Waals surface area contributed by atoms with Crippen LogP contribution in [0.25, 0.3) is 0 Å². The van der Waals surface area contributed by atoms with Gasteiger partial charge in [0.05, 0.1) is 18.6 Å². The maximum absolute atomic E-state index is 7.23. The maximum atomic E-state index is 7.23. The molecule has 0 aromatic heterocycles. The topological polar surface area (TPSA) is 46.2 Å². The molecule has 2 saturated heterocycles. The summed E-state index contributed by atoms with van der Waals surface area (Å²) < 4.78 is 33.5. The van der Waals surface area contributed by atoms with Gasteiger partial charge in [-0.25, -0.2) is 0 Å². The Balaban J connectivity index is 2.50. The van der Waals surface area contributed by atoms with E-state index in [0.717, 1.165) is 0 Å². The summed E-state index contributed by atoms with van der Waals surface area (Å²) in [5.41, 5.74) is 1.33. The lowest BCUT2D eigenvalue weighted by molar-refractivity contribution is -0.0391. The molecule has 0 N–H and O–H groups in total. The third-order valence-electron chi connectivity index (χ3n) is 6.25. The summed E-state index contributed by atoms with van der Waals surface area (Å²) in [5.74, 6) is 0.640. The molecule has 0 bridgehead atoms. The van der Waals surface area contributed by atoms with Crippen molar-refractivity contribution in [2.24, 2.45) is 0 Å². The third-order valence-corrected chi connectivity index (χ3v) is 16.9. The van der Waals surface area contributed by atoms with Crippen molar-refractivity contribution in [3.63, 3.8) is 0 Å². The SMILES string of the molecule is CSCO[C@H]1C2O[Si](C(C)C)(C(C)C)O[Si](C(C)C)(C(C)C)OC[C@@H]2O[C@H]1C. The first-order chi connectivity index (χ1) is 13.0. The Labute approximate surface area is 179 Å². The van der Waals surface area contributed by atoms with Crippen LogP contribution < -0.4 is 0 Å². The van der Waals surface area contributed by atoms with Crippen LogP contribution in [0.15, 0.2) is 0 Å². The molecule has 2 rings (SSSR count). The quantitative estimate of drug-likeness (QED) is 0.380. The Hall–Kier alpha value is 0.584. The van der Waals surface area contributed by atoms with Crippen molar-refractivity contribution in [3.05, 3.63) is 0 Å². The standard InChI is InChI=1S/C20H42O5SSi2/c1-13(2)27(14(3)4)22-11-18-20(19(17(9)23-18)21-12-26-10)24-28(25-27,15(5)6)16(7)8/h13-20H,11-12H2,1-10H3/t17-,18-,19+,20?/m0/s1. The van der Waals surface area contributed by atoms with E-state index < -0.39 is 17.1 Å². The fraction of sp³-hybridized carbons (Fsp3) is 1.00. The minimum atomic E-state index is -2.61. The van der Waals surface area contributed by atoms with Gasteiger partial charge in [-0.2, -0.15) is 0 Å². The fourth-order valence-electron chi connectivity index (χ4n) is 4.70. The predicted molar refractivity (Wildman–Crippen MR) is 121 cm³/mol. The third kappa shape index (κ3) is 4.59. The van der Waals surface area contributed by atoms with Crippen LogP contribution in [0.1, 0.15) is 62.3 Å². The van der Waals surface area contributed by atoms with Gasteiger partial charge in [0.2, 0.25) is 0 Å². The highest BCUT2D eigenvalue weighted by atomic mass is 32.2. The van der Waals surface area contributed by atoms with Crippen LogP contribution in [0.2, 0.25) is 22.2 Å². The molecule has 0 radical (unpaired) electrons. The lowest BCUT2D eigenvalue weighted by atomic mass is 10.1. The lowest BCUT2D eigenvalue weighted by Gasteiger charge is -2.51. The van der Waals surface area contributed by atoms with Crippen LogP contribution in [0, 0.1) is 0 Å². The second-order valence-electron chi connectivity index (χ2n) is 9.47. The first kappa shape index (κ1) is 24.8. The van der Waals surface area contributed by atoms with Gasteiger partial charge in [0.1, 0.15) is 18.3 Å². The molecule has 1 unspecified atom stereocenters. The Morgan fingerprint density at radius 1 is 0.929 bits per heavy atom. The predicted octanol–water partition coefficient (Wildman–Crippen LogP) is 5.44. The molecule has 28 heavy (non-hydrogen) atoms. The van der Waals surface area contributed by atoms with Crippen LogP contribution in [-0.2, 0) is 22.4 Å². The van der Waals surface area contributed by atoms with Crippen molar-refractivity contribution in [3.8, 4) is 0 Å². The van der Waals surface area contributed by atoms with Gasteiger partial charge in [0.15, 0.2) is 0 Å². The molecule has 2 aliphatic rings. The Morgan fingerprint density at radius 3 is 1.93 bits per heavy atom. The van der Waals surface area contributed by atoms with E-state index in [9.17, 15) is 0 Å². The number of thioether (sulfide) groups is 1. The molecule has 0 saturated carbocycles. The van der Waals surface area contributed by atoms with Gasteiger partial charge >= 0.3 is 17.1 Å². The normalized spacial score (nSPS) is 32.8. The van der Waals surface area contributed by atoms with E-state index in [2.05, 4.69) is 68.6 Å². The monoisotopic (exact) mass is 450 g/mol. The Morgan fingerprint density at radius 2 is 1.46 bits per heavy atom. The van der Waals surface area contributed by atoms with Crippen molar-refractivity contribution in [1.82, 2.24) is 0 Å². The van der Waals surface area contributed by atoms with Gasteiger partial charge < -0.3 is 22.4 Å². The summed E-state index contributed by atoms with van der Waals surface area (Å²) in [6.45, 7) is 20.6. The van der Waals surface area contributed by atoms with E-state index in [1.54, 1.807) is 11.8 Å². The molecule has 0 aromatic rings. The summed E-state index contributed by atoms with van der Waals surface area (Å²) in [6.07, 6.45) is 1.73. The first-order valence-electron chi connectivity index (χ1n) is 10.8. The summed E-state index contributed by atoms with van der Waals surface area (Å²) in [4.78, 5) is 0. The molecule has 2 fully saturated rings. The highest BCUT2D eigenvalue weighted by Crippen LogP contribution is 2.47. The smallest absolute Gasteiger partial charge is 0.335 e. The van der Waals surface area contributed by atoms with E-state index in [0.29, 0.717) is 34.7 Å². The van der Waals surface area contributed by atoms with Crippen LogP contribution in [0.4, 0.5) is 0 Å². The van der Waals surface area contributed by atoms with Gasteiger partial charge in [-0.15, -0.1) is 11.8 Å². The maximum Gasteiger partial charge on any atom is 0.335 e. The molecular weight excluding hydrogens is 408 g/mol. The molecule has 2 aliphatic heterocycles. The highest BCUT2D eigenvalue weighted by Gasteiger charge is 2.61. The number of ether oxygens (including phenoxy) is 2. The highest BCUT2D eigenvalue weighted by molar-refractivity contribution is 7.98. The van der Waals surface area contributed by atoms with E-state index in [-0.39, 0.29) is 24.4 Å². The zero-order chi connectivity index (χ0) is 21.3. The summed E-state index contributed by atoms with van der Waals surface area (Å²) in [6, 6.07) is 0. The zero-order valence-corrected chi connectivity index (χ0v) is 22.3. The molecular formula is C20H42O5SSi2. The summed E-state index contributed by atoms with van der Waals surface area (Å²) >= 11 is 1.68. The molecule has 8 heteroatoms. The Kier molecular flexibility index (Phi) is 8.70. The molecule has 0 aromatic carbocycles. The van der Waals surface area contributed by atoms with Crippen LogP contribution in [-0.4, -0.2) is 60.3 Å². The number of hydrogen-bond acceptors (Lipinski definition) is 6. The van der Waals surface area contributed by atoms with Crippen molar-refractivity contribution >= 4 is 28.9 Å². The molecule has 0 amide bonds. The minimum Gasteiger partial charge on any atom is -0.414 e. The molecule has 0 spiro atoms. The van der Waals surface area contributed by atoms with Crippen LogP contribution >= 0.6 is 11.8 Å². The molecule has 166 valence electrons. The zero-order valence-electron chi connectivity index (χ0n) is 19.5. The number of fused-ring (bicyclic) bond motifs is 1. The average molecular weight is 451 g/mol.